The number of rotatable bonds is 8. The minimum atomic E-state index is -4.42. The van der Waals surface area contributed by atoms with Crippen LogP contribution in [0.5, 0.6) is 11.5 Å². The highest BCUT2D eigenvalue weighted by Crippen LogP contribution is 2.23. The van der Waals surface area contributed by atoms with E-state index in [0.29, 0.717) is 11.4 Å². The zero-order valence-corrected chi connectivity index (χ0v) is 15.9. The molecular formula is C20H21F3N2O4. The van der Waals surface area contributed by atoms with E-state index in [9.17, 15) is 22.8 Å². The number of carbonyl (C=O) groups is 2. The van der Waals surface area contributed by atoms with Crippen molar-refractivity contribution in [3.05, 3.63) is 54.1 Å². The van der Waals surface area contributed by atoms with Gasteiger partial charge in [0.25, 0.3) is 0 Å². The minimum absolute atomic E-state index is 0.0295. The number of nitrogens with one attached hydrogen (secondary N) is 2. The molecule has 0 radical (unpaired) electrons. The van der Waals surface area contributed by atoms with Crippen LogP contribution >= 0.6 is 0 Å². The summed E-state index contributed by atoms with van der Waals surface area (Å²) in [7, 11) is 1.53. The largest absolute Gasteiger partial charge is 0.497 e. The van der Waals surface area contributed by atoms with E-state index in [4.69, 9.17) is 4.74 Å². The smallest absolute Gasteiger partial charge is 0.422 e. The van der Waals surface area contributed by atoms with Gasteiger partial charge in [-0.15, -0.1) is 0 Å². The van der Waals surface area contributed by atoms with Crippen LogP contribution in [0.1, 0.15) is 24.9 Å². The third-order valence-electron chi connectivity index (χ3n) is 3.83. The molecule has 2 aromatic rings. The zero-order valence-electron chi connectivity index (χ0n) is 15.9. The van der Waals surface area contributed by atoms with Gasteiger partial charge in [0.15, 0.2) is 6.61 Å². The Kier molecular flexibility index (Phi) is 7.46. The topological polar surface area (TPSA) is 76.7 Å². The van der Waals surface area contributed by atoms with Gasteiger partial charge in [0.2, 0.25) is 11.8 Å². The maximum Gasteiger partial charge on any atom is 0.422 e. The van der Waals surface area contributed by atoms with E-state index in [-0.39, 0.29) is 24.0 Å². The van der Waals surface area contributed by atoms with Crippen LogP contribution in [0.15, 0.2) is 48.5 Å². The summed E-state index contributed by atoms with van der Waals surface area (Å²) in [4.78, 5) is 23.9. The summed E-state index contributed by atoms with van der Waals surface area (Å²) in [6, 6.07) is 11.9. The number of methoxy groups -OCH3 is 1. The molecule has 0 saturated heterocycles. The van der Waals surface area contributed by atoms with Crippen molar-refractivity contribution in [1.29, 1.82) is 0 Å². The van der Waals surface area contributed by atoms with Crippen molar-refractivity contribution in [3.8, 4) is 11.5 Å². The van der Waals surface area contributed by atoms with Crippen LogP contribution in [-0.2, 0) is 9.59 Å². The lowest BCUT2D eigenvalue weighted by molar-refractivity contribution is -0.153. The number of halogens is 3. The molecule has 156 valence electrons. The molecule has 0 bridgehead atoms. The maximum atomic E-state index is 12.4. The molecule has 2 aromatic carbocycles. The first kappa shape index (κ1) is 22.1. The van der Waals surface area contributed by atoms with Gasteiger partial charge in [0.05, 0.1) is 19.6 Å². The molecule has 0 fully saturated rings. The Bertz CT molecular complexity index is 821. The highest BCUT2D eigenvalue weighted by molar-refractivity contribution is 5.91. The summed E-state index contributed by atoms with van der Waals surface area (Å²) < 4.78 is 46.2. The van der Waals surface area contributed by atoms with Gasteiger partial charge in [-0.3, -0.25) is 9.59 Å². The van der Waals surface area contributed by atoms with Crippen molar-refractivity contribution >= 4 is 17.5 Å². The quantitative estimate of drug-likeness (QED) is 0.693. The summed E-state index contributed by atoms with van der Waals surface area (Å²) in [6.07, 6.45) is -4.45. The summed E-state index contributed by atoms with van der Waals surface area (Å²) >= 11 is 0. The molecule has 6 nitrogen and oxygen atoms in total. The number of alkyl halides is 3. The van der Waals surface area contributed by atoms with Crippen LogP contribution in [0, 0.1) is 0 Å². The van der Waals surface area contributed by atoms with Crippen LogP contribution < -0.4 is 20.1 Å². The summed E-state index contributed by atoms with van der Waals surface area (Å²) in [5.74, 6) is 0.0237. The van der Waals surface area contributed by atoms with Crippen molar-refractivity contribution < 1.29 is 32.2 Å². The normalized spacial score (nSPS) is 12.0. The molecule has 9 heteroatoms. The molecular weight excluding hydrogens is 389 g/mol. The van der Waals surface area contributed by atoms with Gasteiger partial charge in [-0.25, -0.2) is 0 Å². The average molecular weight is 410 g/mol. The molecule has 29 heavy (non-hydrogen) atoms. The first-order valence-electron chi connectivity index (χ1n) is 8.67. The van der Waals surface area contributed by atoms with Gasteiger partial charge in [0.1, 0.15) is 11.5 Å². The predicted octanol–water partition coefficient (Wildman–Crippen LogP) is 3.84. The molecule has 0 aliphatic carbocycles. The fourth-order valence-corrected chi connectivity index (χ4v) is 2.53. The van der Waals surface area contributed by atoms with E-state index in [2.05, 4.69) is 15.4 Å². The second kappa shape index (κ2) is 9.81. The van der Waals surface area contributed by atoms with E-state index >= 15 is 0 Å². The van der Waals surface area contributed by atoms with E-state index < -0.39 is 18.8 Å². The molecule has 0 aliphatic heterocycles. The Labute approximate surface area is 166 Å². The molecule has 1 unspecified atom stereocenters. The second-order valence-corrected chi connectivity index (χ2v) is 6.21. The highest BCUT2D eigenvalue weighted by atomic mass is 19.4. The second-order valence-electron chi connectivity index (χ2n) is 6.21. The first-order valence-corrected chi connectivity index (χ1v) is 8.67. The van der Waals surface area contributed by atoms with Gasteiger partial charge in [-0.2, -0.15) is 13.2 Å². The Hall–Kier alpha value is -3.23. The predicted molar refractivity (Wildman–Crippen MR) is 101 cm³/mol. The molecule has 0 saturated carbocycles. The molecule has 1 atom stereocenters. The van der Waals surface area contributed by atoms with Gasteiger partial charge in [-0.1, -0.05) is 12.1 Å². The molecule has 2 amide bonds. The first-order chi connectivity index (χ1) is 13.7. The number of amides is 2. The van der Waals surface area contributed by atoms with Crippen molar-refractivity contribution in [3.63, 3.8) is 0 Å². The van der Waals surface area contributed by atoms with Crippen LogP contribution in [0.2, 0.25) is 0 Å². The number of carbonyl (C=O) groups excluding carboxylic acids is 2. The standard InChI is InChI=1S/C20H21F3N2O4/c1-13(26)24-18(14-3-7-16(28-2)8-4-14)11-19(27)25-15-5-9-17(10-6-15)29-12-20(21,22)23/h3-10,18H,11-12H2,1-2H3,(H,24,26)(H,25,27). The Morgan fingerprint density at radius 1 is 1.00 bits per heavy atom. The zero-order chi connectivity index (χ0) is 21.4. The molecule has 0 aromatic heterocycles. The molecule has 0 aliphatic rings. The lowest BCUT2D eigenvalue weighted by Crippen LogP contribution is -2.29. The van der Waals surface area contributed by atoms with Crippen molar-refractivity contribution in [2.45, 2.75) is 25.6 Å². The SMILES string of the molecule is COc1ccc(C(CC(=O)Nc2ccc(OCC(F)(F)F)cc2)NC(C)=O)cc1. The number of anilines is 1. The third kappa shape index (κ3) is 7.73. The maximum absolute atomic E-state index is 12.4. The Balaban J connectivity index is 1.99. The molecule has 2 N–H and O–H groups in total. The average Bonchev–Trinajstić information content (AvgIpc) is 2.66. The molecule has 0 spiro atoms. The third-order valence-corrected chi connectivity index (χ3v) is 3.83. The van der Waals surface area contributed by atoms with Crippen LogP contribution in [0.4, 0.5) is 18.9 Å². The summed E-state index contributed by atoms with van der Waals surface area (Å²) in [5, 5.41) is 5.37. The van der Waals surface area contributed by atoms with Crippen LogP contribution in [0.25, 0.3) is 0 Å². The fourth-order valence-electron chi connectivity index (χ4n) is 2.53. The summed E-state index contributed by atoms with van der Waals surface area (Å²) in [5.41, 5.74) is 1.12. The monoisotopic (exact) mass is 410 g/mol. The lowest BCUT2D eigenvalue weighted by atomic mass is 10.0. The van der Waals surface area contributed by atoms with Crippen molar-refractivity contribution in [2.75, 3.05) is 19.0 Å². The van der Waals surface area contributed by atoms with Crippen LogP contribution in [0.3, 0.4) is 0 Å². The molecule has 0 heterocycles. The van der Waals surface area contributed by atoms with E-state index in [1.165, 1.54) is 38.3 Å². The van der Waals surface area contributed by atoms with E-state index in [1.807, 2.05) is 0 Å². The van der Waals surface area contributed by atoms with E-state index in [0.717, 1.165) is 5.56 Å². The fraction of sp³-hybridized carbons (Fsp3) is 0.300. The number of ether oxygens (including phenoxy) is 2. The number of benzene rings is 2. The van der Waals surface area contributed by atoms with Crippen LogP contribution in [-0.4, -0.2) is 31.7 Å². The lowest BCUT2D eigenvalue weighted by Gasteiger charge is -2.18. The summed E-state index contributed by atoms with van der Waals surface area (Å²) in [6.45, 7) is -0.0347. The minimum Gasteiger partial charge on any atom is -0.497 e. The Morgan fingerprint density at radius 2 is 1.59 bits per heavy atom. The Morgan fingerprint density at radius 3 is 2.10 bits per heavy atom. The van der Waals surface area contributed by atoms with Gasteiger partial charge in [-0.05, 0) is 42.0 Å². The van der Waals surface area contributed by atoms with Gasteiger partial charge < -0.3 is 20.1 Å². The van der Waals surface area contributed by atoms with E-state index in [1.54, 1.807) is 24.3 Å². The molecule has 2 rings (SSSR count). The number of hydrogen-bond donors (Lipinski definition) is 2. The highest BCUT2D eigenvalue weighted by Gasteiger charge is 2.28. The van der Waals surface area contributed by atoms with Crippen molar-refractivity contribution in [2.24, 2.45) is 0 Å². The van der Waals surface area contributed by atoms with Crippen molar-refractivity contribution in [1.82, 2.24) is 5.32 Å². The number of hydrogen-bond acceptors (Lipinski definition) is 4. The van der Waals surface area contributed by atoms with Gasteiger partial charge in [0, 0.05) is 12.6 Å². The van der Waals surface area contributed by atoms with Gasteiger partial charge >= 0.3 is 6.18 Å².